The summed E-state index contributed by atoms with van der Waals surface area (Å²) in [5.41, 5.74) is 4.07. The molecule has 1 saturated heterocycles. The van der Waals surface area contributed by atoms with E-state index in [2.05, 4.69) is 49.2 Å². The normalized spacial score (nSPS) is 22.4. The smallest absolute Gasteiger partial charge is 0.0674 e. The van der Waals surface area contributed by atoms with Gasteiger partial charge in [-0.15, -0.1) is 0 Å². The summed E-state index contributed by atoms with van der Waals surface area (Å²) in [6.07, 6.45) is 0.352. The molecule has 0 aromatic heterocycles. The largest absolute Gasteiger partial charge is 0.376 e. The average Bonchev–Trinajstić information content (AvgIpc) is 2.34. The second-order valence-corrected chi connectivity index (χ2v) is 5.70. The molecular weight excluding hydrogens is 236 g/mol. The van der Waals surface area contributed by atoms with E-state index in [4.69, 9.17) is 4.74 Å². The number of rotatable bonds is 4. The molecule has 1 fully saturated rings. The molecule has 0 saturated carbocycles. The summed E-state index contributed by atoms with van der Waals surface area (Å²) in [6.45, 7) is 10.4. The molecule has 0 bridgehead atoms. The van der Waals surface area contributed by atoms with Crippen LogP contribution >= 0.6 is 0 Å². The Morgan fingerprint density at radius 1 is 1.32 bits per heavy atom. The van der Waals surface area contributed by atoms with Crippen LogP contribution in [0.15, 0.2) is 18.2 Å². The van der Waals surface area contributed by atoms with Crippen molar-refractivity contribution in [2.24, 2.45) is 0 Å². The van der Waals surface area contributed by atoms with E-state index in [1.807, 2.05) is 7.05 Å². The fourth-order valence-corrected chi connectivity index (χ4v) is 2.89. The van der Waals surface area contributed by atoms with E-state index >= 15 is 0 Å². The van der Waals surface area contributed by atoms with E-state index in [-0.39, 0.29) is 0 Å². The predicted octanol–water partition coefficient (Wildman–Crippen LogP) is 2.28. The highest BCUT2D eigenvalue weighted by Crippen LogP contribution is 2.19. The molecule has 19 heavy (non-hydrogen) atoms. The zero-order valence-corrected chi connectivity index (χ0v) is 12.6. The monoisotopic (exact) mass is 262 g/mol. The molecule has 1 aromatic carbocycles. The molecule has 1 heterocycles. The van der Waals surface area contributed by atoms with Crippen molar-refractivity contribution >= 4 is 0 Å². The zero-order valence-electron chi connectivity index (χ0n) is 12.6. The maximum atomic E-state index is 5.61. The standard InChI is InChI=1S/C16H26N2O/c1-12-7-13(2)9-15(8-12)16(17-4)11-18-5-6-19-14(3)10-18/h7-9,14,16-17H,5-6,10-11H2,1-4H3. The van der Waals surface area contributed by atoms with Gasteiger partial charge in [-0.3, -0.25) is 4.90 Å². The van der Waals surface area contributed by atoms with Crippen molar-refractivity contribution in [2.75, 3.05) is 33.3 Å². The van der Waals surface area contributed by atoms with E-state index in [1.165, 1.54) is 16.7 Å². The number of nitrogens with one attached hydrogen (secondary N) is 1. The van der Waals surface area contributed by atoms with Crippen LogP contribution in [-0.4, -0.2) is 44.3 Å². The van der Waals surface area contributed by atoms with Crippen LogP contribution in [0.1, 0.15) is 29.7 Å². The number of likely N-dealkylation sites (N-methyl/N-ethyl adjacent to an activating group) is 1. The van der Waals surface area contributed by atoms with Crippen molar-refractivity contribution in [1.29, 1.82) is 0 Å². The average molecular weight is 262 g/mol. The molecule has 1 aliphatic heterocycles. The lowest BCUT2D eigenvalue weighted by Crippen LogP contribution is -2.44. The fraction of sp³-hybridized carbons (Fsp3) is 0.625. The quantitative estimate of drug-likeness (QED) is 0.901. The van der Waals surface area contributed by atoms with Crippen LogP contribution in [0.4, 0.5) is 0 Å². The Bertz CT molecular complexity index is 399. The van der Waals surface area contributed by atoms with Gasteiger partial charge >= 0.3 is 0 Å². The summed E-state index contributed by atoms with van der Waals surface area (Å²) in [7, 11) is 2.05. The Hall–Kier alpha value is -0.900. The van der Waals surface area contributed by atoms with Crippen LogP contribution in [-0.2, 0) is 4.74 Å². The van der Waals surface area contributed by atoms with Gasteiger partial charge in [0.05, 0.1) is 12.7 Å². The lowest BCUT2D eigenvalue weighted by Gasteiger charge is -2.34. The third-order valence-corrected chi connectivity index (χ3v) is 3.76. The molecule has 1 N–H and O–H groups in total. The van der Waals surface area contributed by atoms with Crippen molar-refractivity contribution < 1.29 is 4.74 Å². The number of hydrogen-bond acceptors (Lipinski definition) is 3. The topological polar surface area (TPSA) is 24.5 Å². The number of benzene rings is 1. The van der Waals surface area contributed by atoms with E-state index in [0.717, 1.165) is 26.2 Å². The Kier molecular flexibility index (Phi) is 4.97. The second kappa shape index (κ2) is 6.51. The molecule has 0 aliphatic carbocycles. The van der Waals surface area contributed by atoms with Crippen LogP contribution in [0.3, 0.4) is 0 Å². The molecule has 1 aliphatic rings. The molecule has 0 radical (unpaired) electrons. The first-order valence-electron chi connectivity index (χ1n) is 7.18. The third-order valence-electron chi connectivity index (χ3n) is 3.76. The predicted molar refractivity (Wildman–Crippen MR) is 79.6 cm³/mol. The van der Waals surface area contributed by atoms with Gasteiger partial charge in [0.25, 0.3) is 0 Å². The van der Waals surface area contributed by atoms with Crippen LogP contribution in [0.25, 0.3) is 0 Å². The van der Waals surface area contributed by atoms with Crippen LogP contribution < -0.4 is 5.32 Å². The third kappa shape index (κ3) is 4.03. The van der Waals surface area contributed by atoms with Gasteiger partial charge in [0, 0.05) is 25.7 Å². The van der Waals surface area contributed by atoms with Crippen molar-refractivity contribution in [1.82, 2.24) is 10.2 Å². The number of morpholine rings is 1. The number of hydrogen-bond donors (Lipinski definition) is 1. The van der Waals surface area contributed by atoms with Crippen LogP contribution in [0, 0.1) is 13.8 Å². The highest BCUT2D eigenvalue weighted by molar-refractivity contribution is 5.30. The number of ether oxygens (including phenoxy) is 1. The minimum Gasteiger partial charge on any atom is -0.376 e. The van der Waals surface area contributed by atoms with E-state index in [9.17, 15) is 0 Å². The summed E-state index contributed by atoms with van der Waals surface area (Å²) in [6, 6.07) is 7.20. The molecule has 2 rings (SSSR count). The first-order valence-corrected chi connectivity index (χ1v) is 7.18. The van der Waals surface area contributed by atoms with Gasteiger partial charge in [-0.1, -0.05) is 29.3 Å². The van der Waals surface area contributed by atoms with Gasteiger partial charge in [0.1, 0.15) is 0 Å². The van der Waals surface area contributed by atoms with Crippen molar-refractivity contribution in [3.8, 4) is 0 Å². The van der Waals surface area contributed by atoms with Crippen molar-refractivity contribution in [3.63, 3.8) is 0 Å². The first kappa shape index (κ1) is 14.5. The first-order chi connectivity index (χ1) is 9.08. The second-order valence-electron chi connectivity index (χ2n) is 5.70. The summed E-state index contributed by atoms with van der Waals surface area (Å²) in [5, 5.41) is 3.45. The summed E-state index contributed by atoms with van der Waals surface area (Å²) in [4.78, 5) is 2.49. The van der Waals surface area contributed by atoms with Gasteiger partial charge < -0.3 is 10.1 Å². The van der Waals surface area contributed by atoms with Crippen LogP contribution in [0.2, 0.25) is 0 Å². The Labute approximate surface area is 116 Å². The van der Waals surface area contributed by atoms with Crippen molar-refractivity contribution in [3.05, 3.63) is 34.9 Å². The van der Waals surface area contributed by atoms with E-state index < -0.39 is 0 Å². The summed E-state index contributed by atoms with van der Waals surface area (Å²) >= 11 is 0. The highest BCUT2D eigenvalue weighted by atomic mass is 16.5. The maximum absolute atomic E-state index is 5.61. The zero-order chi connectivity index (χ0) is 13.8. The van der Waals surface area contributed by atoms with Gasteiger partial charge in [0.2, 0.25) is 0 Å². The molecular formula is C16H26N2O. The molecule has 3 heteroatoms. The Balaban J connectivity index is 2.06. The highest BCUT2D eigenvalue weighted by Gasteiger charge is 2.20. The molecule has 2 atom stereocenters. The fourth-order valence-electron chi connectivity index (χ4n) is 2.89. The van der Waals surface area contributed by atoms with Gasteiger partial charge in [-0.25, -0.2) is 0 Å². The van der Waals surface area contributed by atoms with Crippen LogP contribution in [0.5, 0.6) is 0 Å². The SMILES string of the molecule is CNC(CN1CCOC(C)C1)c1cc(C)cc(C)c1. The molecule has 1 aromatic rings. The lowest BCUT2D eigenvalue weighted by molar-refractivity contribution is -0.0208. The molecule has 0 spiro atoms. The minimum atomic E-state index is 0.352. The molecule has 0 amide bonds. The molecule has 3 nitrogen and oxygen atoms in total. The summed E-state index contributed by atoms with van der Waals surface area (Å²) in [5.74, 6) is 0. The van der Waals surface area contributed by atoms with Gasteiger partial charge in [-0.05, 0) is 33.4 Å². The lowest BCUT2D eigenvalue weighted by atomic mass is 10.0. The van der Waals surface area contributed by atoms with E-state index in [0.29, 0.717) is 12.1 Å². The number of nitrogens with zero attached hydrogens (tertiary/aromatic N) is 1. The van der Waals surface area contributed by atoms with Gasteiger partial charge in [0.15, 0.2) is 0 Å². The Morgan fingerprint density at radius 3 is 2.58 bits per heavy atom. The summed E-state index contributed by atoms with van der Waals surface area (Å²) < 4.78 is 5.61. The Morgan fingerprint density at radius 2 is 2.00 bits per heavy atom. The van der Waals surface area contributed by atoms with Crippen molar-refractivity contribution in [2.45, 2.75) is 32.9 Å². The van der Waals surface area contributed by atoms with E-state index in [1.54, 1.807) is 0 Å². The van der Waals surface area contributed by atoms with Gasteiger partial charge in [-0.2, -0.15) is 0 Å². The minimum absolute atomic E-state index is 0.352. The maximum Gasteiger partial charge on any atom is 0.0674 e. The number of aryl methyl sites for hydroxylation is 2. The molecule has 106 valence electrons. The molecule has 2 unspecified atom stereocenters.